The molecule has 10 nitrogen and oxygen atoms in total. The van der Waals surface area contributed by atoms with Gasteiger partial charge in [0.15, 0.2) is 0 Å². The van der Waals surface area contributed by atoms with Crippen LogP contribution in [0.2, 0.25) is 0 Å². The average molecular weight is 590 g/mol. The highest BCUT2D eigenvalue weighted by Crippen LogP contribution is 2.58. The molecule has 0 aromatic heterocycles. The predicted octanol–water partition coefficient (Wildman–Crippen LogP) is 3.13. The quantitative estimate of drug-likeness (QED) is 0.127. The number of ether oxygens (including phenoxy) is 2. The molecule has 2 N–H and O–H groups in total. The molecule has 10 heteroatoms. The van der Waals surface area contributed by atoms with Gasteiger partial charge in [0, 0.05) is 32.7 Å². The fourth-order valence-corrected chi connectivity index (χ4v) is 6.76. The van der Waals surface area contributed by atoms with Crippen molar-refractivity contribution < 1.29 is 33.8 Å². The number of rotatable bonds is 20. The number of hydrogen-bond acceptors (Lipinski definition) is 7. The first-order valence-electron chi connectivity index (χ1n) is 15.8. The number of amides is 3. The van der Waals surface area contributed by atoms with E-state index in [-0.39, 0.29) is 30.9 Å². The van der Waals surface area contributed by atoms with Crippen LogP contribution < -0.4 is 5.32 Å². The van der Waals surface area contributed by atoms with Crippen LogP contribution in [0.5, 0.6) is 0 Å². The van der Waals surface area contributed by atoms with Gasteiger partial charge in [-0.1, -0.05) is 44.8 Å². The van der Waals surface area contributed by atoms with E-state index in [2.05, 4.69) is 25.4 Å². The number of carbonyl (C=O) groups is 4. The number of carbonyl (C=O) groups excluding carboxylic acids is 4. The summed E-state index contributed by atoms with van der Waals surface area (Å²) in [5.41, 5.74) is -1.07. The largest absolute Gasteiger partial charge is 0.460 e. The Hall–Kier alpha value is -2.72. The number of unbranched alkanes of at least 4 members (excludes halogenated alkanes) is 5. The van der Waals surface area contributed by atoms with Crippen LogP contribution in [0.4, 0.5) is 0 Å². The molecular weight excluding hydrogens is 538 g/mol. The highest BCUT2D eigenvalue weighted by atomic mass is 16.6. The fourth-order valence-electron chi connectivity index (χ4n) is 6.76. The Bertz CT molecular complexity index is 972. The Morgan fingerprint density at radius 1 is 1.19 bits per heavy atom. The maximum absolute atomic E-state index is 14.2. The minimum atomic E-state index is -1.07. The van der Waals surface area contributed by atoms with Gasteiger partial charge in [0.2, 0.25) is 17.7 Å². The van der Waals surface area contributed by atoms with E-state index < -0.39 is 41.7 Å². The summed E-state index contributed by atoms with van der Waals surface area (Å²) in [7, 11) is 0. The Labute approximate surface area is 250 Å². The molecule has 3 rings (SSSR count). The van der Waals surface area contributed by atoms with E-state index in [0.717, 1.165) is 32.1 Å². The van der Waals surface area contributed by atoms with E-state index in [1.165, 1.54) is 0 Å². The number of fused-ring (bicyclic) bond motifs is 1. The maximum Gasteiger partial charge on any atom is 0.312 e. The summed E-state index contributed by atoms with van der Waals surface area (Å²) in [6, 6.07) is -0.807. The van der Waals surface area contributed by atoms with Crippen molar-refractivity contribution in [1.82, 2.24) is 15.1 Å². The van der Waals surface area contributed by atoms with Crippen molar-refractivity contribution in [3.05, 3.63) is 25.3 Å². The number of aliphatic hydroxyl groups is 1. The molecule has 3 amide bonds. The summed E-state index contributed by atoms with van der Waals surface area (Å²) < 4.78 is 12.3. The molecule has 236 valence electrons. The predicted molar refractivity (Wildman–Crippen MR) is 159 cm³/mol. The van der Waals surface area contributed by atoms with Gasteiger partial charge in [-0.15, -0.1) is 13.2 Å². The molecular formula is C32H51N3O7. The van der Waals surface area contributed by atoms with Gasteiger partial charge >= 0.3 is 5.97 Å². The molecule has 0 saturated carbocycles. The molecule has 0 unspecified atom stereocenters. The zero-order chi connectivity index (χ0) is 30.7. The van der Waals surface area contributed by atoms with E-state index in [0.29, 0.717) is 58.2 Å². The highest BCUT2D eigenvalue weighted by molar-refractivity contribution is 5.98. The smallest absolute Gasteiger partial charge is 0.312 e. The van der Waals surface area contributed by atoms with Crippen LogP contribution >= 0.6 is 0 Å². The van der Waals surface area contributed by atoms with Crippen LogP contribution in [-0.4, -0.2) is 95.2 Å². The lowest BCUT2D eigenvalue weighted by Gasteiger charge is -2.37. The molecule has 3 heterocycles. The molecule has 0 aromatic rings. The normalized spacial score (nSPS) is 26.5. The van der Waals surface area contributed by atoms with E-state index >= 15 is 0 Å². The summed E-state index contributed by atoms with van der Waals surface area (Å²) in [5.74, 6) is -2.63. The number of nitrogens with zero attached hydrogens (tertiary/aromatic N) is 2. The minimum Gasteiger partial charge on any atom is -0.460 e. The molecule has 6 atom stereocenters. The fraction of sp³-hybridized carbons (Fsp3) is 0.750. The van der Waals surface area contributed by atoms with Gasteiger partial charge in [0.1, 0.15) is 17.7 Å². The maximum atomic E-state index is 14.2. The van der Waals surface area contributed by atoms with Gasteiger partial charge in [-0.25, -0.2) is 0 Å². The van der Waals surface area contributed by atoms with Crippen LogP contribution in [0.25, 0.3) is 0 Å². The van der Waals surface area contributed by atoms with Gasteiger partial charge in [-0.3, -0.25) is 19.2 Å². The molecule has 42 heavy (non-hydrogen) atoms. The number of allylic oxidation sites excluding steroid dienone is 1. The molecule has 0 radical (unpaired) electrons. The molecule has 3 fully saturated rings. The Morgan fingerprint density at radius 3 is 2.64 bits per heavy atom. The molecule has 2 bridgehead atoms. The van der Waals surface area contributed by atoms with Gasteiger partial charge < -0.3 is 29.7 Å². The number of likely N-dealkylation sites (tertiary alicyclic amines) is 1. The zero-order valence-electron chi connectivity index (χ0n) is 25.6. The van der Waals surface area contributed by atoms with Crippen molar-refractivity contribution in [1.29, 1.82) is 0 Å². The SMILES string of the molecule is C=CCCC(=O)NC[C@@H](C)OC(=O)[C@@H]1[C@@H]2CC[C@]3(O2)[C@H](C(=O)N(CC=C)CCCCC)N(CCCCCCO)C(=O)[C@@H]13. The van der Waals surface area contributed by atoms with Gasteiger partial charge in [-0.05, 0) is 45.4 Å². The first-order valence-corrected chi connectivity index (χ1v) is 15.8. The summed E-state index contributed by atoms with van der Waals surface area (Å²) in [6.07, 6.45) is 10.2. The van der Waals surface area contributed by atoms with Crippen molar-refractivity contribution in [2.45, 2.75) is 108 Å². The molecule has 0 aliphatic carbocycles. The lowest BCUT2D eigenvalue weighted by Crippen LogP contribution is -2.56. The molecule has 3 aliphatic rings. The number of hydrogen-bond donors (Lipinski definition) is 2. The van der Waals surface area contributed by atoms with Crippen molar-refractivity contribution in [3.63, 3.8) is 0 Å². The van der Waals surface area contributed by atoms with E-state index in [9.17, 15) is 19.2 Å². The lowest BCUT2D eigenvalue weighted by molar-refractivity contribution is -0.159. The summed E-state index contributed by atoms with van der Waals surface area (Å²) in [5, 5.41) is 11.9. The van der Waals surface area contributed by atoms with Crippen molar-refractivity contribution >= 4 is 23.7 Å². The van der Waals surface area contributed by atoms with Crippen LogP contribution in [0, 0.1) is 11.8 Å². The summed E-state index contributed by atoms with van der Waals surface area (Å²) in [6.45, 7) is 12.9. The van der Waals surface area contributed by atoms with Gasteiger partial charge in [0.25, 0.3) is 0 Å². The molecule has 3 aliphatic heterocycles. The third-order valence-electron chi connectivity index (χ3n) is 8.79. The third kappa shape index (κ3) is 7.61. The number of aliphatic hydroxyl groups excluding tert-OH is 1. The second kappa shape index (κ2) is 16.2. The van der Waals surface area contributed by atoms with E-state index in [4.69, 9.17) is 14.6 Å². The van der Waals surface area contributed by atoms with E-state index in [1.54, 1.807) is 28.9 Å². The van der Waals surface area contributed by atoms with E-state index in [1.807, 2.05) is 0 Å². The van der Waals surface area contributed by atoms with Gasteiger partial charge in [0.05, 0.1) is 24.5 Å². The van der Waals surface area contributed by atoms with Crippen LogP contribution in [0.1, 0.15) is 84.5 Å². The summed E-state index contributed by atoms with van der Waals surface area (Å²) in [4.78, 5) is 57.3. The second-order valence-corrected chi connectivity index (χ2v) is 11.9. The Balaban J connectivity index is 1.80. The molecule has 0 aromatic carbocycles. The van der Waals surface area contributed by atoms with Crippen LogP contribution in [-0.2, 0) is 28.7 Å². The summed E-state index contributed by atoms with van der Waals surface area (Å²) >= 11 is 0. The monoisotopic (exact) mass is 589 g/mol. The second-order valence-electron chi connectivity index (χ2n) is 11.9. The third-order valence-corrected chi connectivity index (χ3v) is 8.79. The number of esters is 1. The van der Waals surface area contributed by atoms with Crippen LogP contribution in [0.15, 0.2) is 25.3 Å². The van der Waals surface area contributed by atoms with Crippen molar-refractivity contribution in [3.8, 4) is 0 Å². The Morgan fingerprint density at radius 2 is 1.95 bits per heavy atom. The van der Waals surface area contributed by atoms with Crippen LogP contribution in [0.3, 0.4) is 0 Å². The first kappa shape index (κ1) is 33.8. The highest BCUT2D eigenvalue weighted by Gasteiger charge is 2.75. The van der Waals surface area contributed by atoms with Gasteiger partial charge in [-0.2, -0.15) is 0 Å². The Kier molecular flexibility index (Phi) is 13.0. The number of nitrogens with one attached hydrogen (secondary N) is 1. The molecule has 3 saturated heterocycles. The zero-order valence-corrected chi connectivity index (χ0v) is 25.6. The first-order chi connectivity index (χ1) is 20.2. The standard InChI is InChI=1S/C32H51N3O7/c1-5-8-12-19-34(18-7-3)30(39)28-32-17-16-24(42-32)26(27(32)29(38)35(28)20-13-10-11-14-21-36)31(40)41-23(4)22-33-25(37)15-9-6-2/h6-7,23-24,26-28,36H,2-3,5,8-22H2,1,4H3,(H,33,37)/t23-,24+,26-,27-,28+,32-/m1/s1. The van der Waals surface area contributed by atoms with Crippen molar-refractivity contribution in [2.75, 3.05) is 32.8 Å². The lowest BCUT2D eigenvalue weighted by atomic mass is 9.70. The average Bonchev–Trinajstić information content (AvgIpc) is 3.61. The topological polar surface area (TPSA) is 125 Å². The molecule has 1 spiro atoms. The van der Waals surface area contributed by atoms with Crippen molar-refractivity contribution in [2.24, 2.45) is 11.8 Å². The minimum absolute atomic E-state index is 0.124.